The lowest BCUT2D eigenvalue weighted by Gasteiger charge is -2.18. The summed E-state index contributed by atoms with van der Waals surface area (Å²) in [5.41, 5.74) is 4.01. The van der Waals surface area contributed by atoms with Crippen molar-refractivity contribution in [2.45, 2.75) is 73.1 Å². The van der Waals surface area contributed by atoms with Crippen molar-refractivity contribution in [1.29, 1.82) is 5.26 Å². The molecule has 0 spiro atoms. The molecule has 35 heavy (non-hydrogen) atoms. The number of aromatic nitrogens is 1. The molecule has 6 heteroatoms. The standard InChI is InChI=1S/C19H26N2O2.C10H17NO/c1-6-9-10-11-16-14(4)21-13-17(19(22)23-8-3)18(16)15(7-2)12-20-5;1-2-3-9(4-6-11)10-5-7-12-8-10/h7,10-13H,6,8-9H2,1-5H3;9-10H,2-5,7-8H2,1H3/b11-10-,15-7+,20-12?;. The van der Waals surface area contributed by atoms with Gasteiger partial charge < -0.3 is 9.47 Å². The minimum Gasteiger partial charge on any atom is -0.462 e. The van der Waals surface area contributed by atoms with Crippen LogP contribution in [0.2, 0.25) is 0 Å². The van der Waals surface area contributed by atoms with Crippen molar-refractivity contribution in [1.82, 2.24) is 4.98 Å². The first-order valence-corrected chi connectivity index (χ1v) is 12.8. The van der Waals surface area contributed by atoms with Crippen molar-refractivity contribution >= 4 is 23.8 Å². The number of pyridine rings is 1. The van der Waals surface area contributed by atoms with Crippen LogP contribution in [0, 0.1) is 30.1 Å². The maximum Gasteiger partial charge on any atom is 0.340 e. The topological polar surface area (TPSA) is 84.6 Å². The van der Waals surface area contributed by atoms with Crippen LogP contribution >= 0.6 is 0 Å². The molecule has 2 unspecified atom stereocenters. The van der Waals surface area contributed by atoms with Crippen molar-refractivity contribution < 1.29 is 14.3 Å². The van der Waals surface area contributed by atoms with Gasteiger partial charge in [-0.05, 0) is 57.4 Å². The molecule has 192 valence electrons. The zero-order valence-corrected chi connectivity index (χ0v) is 22.5. The maximum absolute atomic E-state index is 12.3. The van der Waals surface area contributed by atoms with E-state index in [1.165, 1.54) is 12.8 Å². The number of carbonyl (C=O) groups excluding carboxylic acids is 1. The average Bonchev–Trinajstić information content (AvgIpc) is 3.39. The van der Waals surface area contributed by atoms with E-state index in [1.807, 2.05) is 26.0 Å². The fourth-order valence-electron chi connectivity index (χ4n) is 4.21. The second-order valence-corrected chi connectivity index (χ2v) is 8.62. The van der Waals surface area contributed by atoms with Gasteiger partial charge >= 0.3 is 5.97 Å². The summed E-state index contributed by atoms with van der Waals surface area (Å²) < 4.78 is 10.5. The van der Waals surface area contributed by atoms with E-state index in [-0.39, 0.29) is 5.97 Å². The minimum absolute atomic E-state index is 0.334. The number of esters is 1. The predicted molar refractivity (Wildman–Crippen MR) is 144 cm³/mol. The highest BCUT2D eigenvalue weighted by atomic mass is 16.5. The van der Waals surface area contributed by atoms with E-state index < -0.39 is 0 Å². The van der Waals surface area contributed by atoms with Gasteiger partial charge in [-0.3, -0.25) is 9.98 Å². The van der Waals surface area contributed by atoms with E-state index in [0.29, 0.717) is 30.4 Å². The number of nitrogens with zero attached hydrogens (tertiary/aromatic N) is 3. The Hall–Kier alpha value is -2.78. The first-order chi connectivity index (χ1) is 17.0. The predicted octanol–water partition coefficient (Wildman–Crippen LogP) is 6.84. The summed E-state index contributed by atoms with van der Waals surface area (Å²) in [5.74, 6) is 0.885. The van der Waals surface area contributed by atoms with Crippen LogP contribution in [0.5, 0.6) is 0 Å². The van der Waals surface area contributed by atoms with Crippen molar-refractivity contribution in [3.8, 4) is 6.07 Å². The summed E-state index contributed by atoms with van der Waals surface area (Å²) in [6, 6.07) is 2.27. The summed E-state index contributed by atoms with van der Waals surface area (Å²) >= 11 is 0. The smallest absolute Gasteiger partial charge is 0.340 e. The first kappa shape index (κ1) is 30.3. The second kappa shape index (κ2) is 17.6. The molecule has 0 radical (unpaired) electrons. The van der Waals surface area contributed by atoms with Gasteiger partial charge in [0.05, 0.1) is 18.2 Å². The zero-order valence-electron chi connectivity index (χ0n) is 22.5. The molecule has 0 aromatic carbocycles. The molecule has 0 saturated carbocycles. The second-order valence-electron chi connectivity index (χ2n) is 8.62. The summed E-state index contributed by atoms with van der Waals surface area (Å²) in [6.07, 6.45) is 15.7. The molecule has 1 aliphatic heterocycles. The molecule has 1 aromatic heterocycles. The molecular formula is C29H43N3O3. The lowest BCUT2D eigenvalue weighted by Crippen LogP contribution is -2.14. The van der Waals surface area contributed by atoms with Gasteiger partial charge in [0.15, 0.2) is 0 Å². The molecule has 0 bridgehead atoms. The monoisotopic (exact) mass is 481 g/mol. The first-order valence-electron chi connectivity index (χ1n) is 12.8. The van der Waals surface area contributed by atoms with E-state index in [2.05, 4.69) is 36.0 Å². The normalized spacial score (nSPS) is 16.7. The van der Waals surface area contributed by atoms with Crippen molar-refractivity contribution in [2.24, 2.45) is 16.8 Å². The largest absolute Gasteiger partial charge is 0.462 e. The van der Waals surface area contributed by atoms with Crippen LogP contribution in [0.4, 0.5) is 0 Å². The van der Waals surface area contributed by atoms with Crippen LogP contribution in [0.1, 0.15) is 93.4 Å². The van der Waals surface area contributed by atoms with Crippen LogP contribution in [0.3, 0.4) is 0 Å². The van der Waals surface area contributed by atoms with Crippen LogP contribution in [0.15, 0.2) is 23.3 Å². The van der Waals surface area contributed by atoms with Gasteiger partial charge in [-0.2, -0.15) is 5.26 Å². The number of hydrogen-bond donors (Lipinski definition) is 0. The Labute approximate surface area is 212 Å². The molecule has 0 aliphatic carbocycles. The van der Waals surface area contributed by atoms with Crippen molar-refractivity contribution in [3.05, 3.63) is 40.7 Å². The van der Waals surface area contributed by atoms with Gasteiger partial charge in [-0.25, -0.2) is 4.79 Å². The SMILES string of the molecule is C/C=C(\C=NC)c1c(C(=O)OCC)cnc(C)c1/C=C\CCC.CCCC(CC#N)C1CCOC1. The van der Waals surface area contributed by atoms with Crippen LogP contribution in [-0.4, -0.2) is 44.0 Å². The lowest BCUT2D eigenvalue weighted by atomic mass is 9.86. The van der Waals surface area contributed by atoms with Gasteiger partial charge in [0.2, 0.25) is 0 Å². The van der Waals surface area contributed by atoms with E-state index in [4.69, 9.17) is 14.7 Å². The number of aliphatic imine (C=N–C) groups is 1. The number of hydrogen-bond acceptors (Lipinski definition) is 6. The zero-order chi connectivity index (χ0) is 26.1. The molecular weight excluding hydrogens is 438 g/mol. The summed E-state index contributed by atoms with van der Waals surface area (Å²) in [5, 5.41) is 8.63. The van der Waals surface area contributed by atoms with E-state index in [1.54, 1.807) is 26.4 Å². The Morgan fingerprint density at radius 1 is 1.37 bits per heavy atom. The molecule has 2 atom stereocenters. The van der Waals surface area contributed by atoms with Crippen molar-refractivity contribution in [2.75, 3.05) is 26.9 Å². The summed E-state index contributed by atoms with van der Waals surface area (Å²) in [4.78, 5) is 20.8. The number of unbranched alkanes of at least 4 members (excludes halogenated alkanes) is 1. The molecule has 1 fully saturated rings. The third-order valence-corrected chi connectivity index (χ3v) is 6.06. The highest BCUT2D eigenvalue weighted by Crippen LogP contribution is 2.28. The average molecular weight is 482 g/mol. The van der Waals surface area contributed by atoms with Gasteiger partial charge in [0.25, 0.3) is 0 Å². The summed E-state index contributed by atoms with van der Waals surface area (Å²) in [7, 11) is 1.72. The summed E-state index contributed by atoms with van der Waals surface area (Å²) in [6.45, 7) is 12.1. The number of nitriles is 1. The van der Waals surface area contributed by atoms with E-state index >= 15 is 0 Å². The number of aryl methyl sites for hydroxylation is 1. The minimum atomic E-state index is -0.357. The Kier molecular flexibility index (Phi) is 15.2. The highest BCUT2D eigenvalue weighted by Gasteiger charge is 2.24. The lowest BCUT2D eigenvalue weighted by molar-refractivity contribution is 0.0525. The third kappa shape index (κ3) is 9.78. The molecule has 1 aromatic rings. The van der Waals surface area contributed by atoms with Crippen molar-refractivity contribution in [3.63, 3.8) is 0 Å². The molecule has 1 aliphatic rings. The Morgan fingerprint density at radius 3 is 2.69 bits per heavy atom. The van der Waals surface area contributed by atoms with Crippen LogP contribution in [-0.2, 0) is 9.47 Å². The molecule has 2 rings (SSSR count). The molecule has 0 N–H and O–H groups in total. The number of ether oxygens (including phenoxy) is 2. The maximum atomic E-state index is 12.3. The Bertz CT molecular complexity index is 906. The van der Waals surface area contributed by atoms with Gasteiger partial charge in [-0.15, -0.1) is 0 Å². The van der Waals surface area contributed by atoms with E-state index in [0.717, 1.165) is 54.9 Å². The Balaban J connectivity index is 0.000000427. The van der Waals surface area contributed by atoms with Gasteiger partial charge in [0.1, 0.15) is 0 Å². The fraction of sp³-hybridized carbons (Fsp3) is 0.586. The fourth-order valence-corrected chi connectivity index (χ4v) is 4.21. The third-order valence-electron chi connectivity index (χ3n) is 6.06. The van der Waals surface area contributed by atoms with Crippen LogP contribution < -0.4 is 0 Å². The quantitative estimate of drug-likeness (QED) is 0.255. The van der Waals surface area contributed by atoms with Gasteiger partial charge in [0, 0.05) is 55.9 Å². The number of allylic oxidation sites excluding steroid dienone is 3. The molecule has 0 amide bonds. The van der Waals surface area contributed by atoms with E-state index in [9.17, 15) is 4.79 Å². The molecule has 1 saturated heterocycles. The Morgan fingerprint density at radius 2 is 2.14 bits per heavy atom. The van der Waals surface area contributed by atoms with Crippen LogP contribution in [0.25, 0.3) is 11.6 Å². The highest BCUT2D eigenvalue weighted by molar-refractivity contribution is 6.14. The number of carbonyl (C=O) groups is 1. The molecule has 2 heterocycles. The molecule has 6 nitrogen and oxygen atoms in total. The number of rotatable bonds is 11. The van der Waals surface area contributed by atoms with Gasteiger partial charge in [-0.1, -0.05) is 44.9 Å².